The van der Waals surface area contributed by atoms with E-state index < -0.39 is 41.5 Å². The van der Waals surface area contributed by atoms with Gasteiger partial charge in [-0.15, -0.1) is 0 Å². The van der Waals surface area contributed by atoms with Crippen LogP contribution in [-0.4, -0.2) is 38.2 Å². The molecule has 3 N–H and O–H groups in total. The van der Waals surface area contributed by atoms with Gasteiger partial charge in [0.25, 0.3) is 20.2 Å². The van der Waals surface area contributed by atoms with Gasteiger partial charge in [0.2, 0.25) is 0 Å². The van der Waals surface area contributed by atoms with Crippen LogP contribution >= 0.6 is 0 Å². The minimum Gasteiger partial charge on any atom is -0.504 e. The summed E-state index contributed by atoms with van der Waals surface area (Å²) in [4.78, 5) is -1.85. The first-order valence-electron chi connectivity index (χ1n) is 3.93. The summed E-state index contributed by atoms with van der Waals surface area (Å²) in [5, 5.41) is 9.32. The van der Waals surface area contributed by atoms with Crippen molar-refractivity contribution in [1.29, 1.82) is 0 Å². The minimum absolute atomic E-state index is 0.462. The van der Waals surface area contributed by atoms with Crippen molar-refractivity contribution in [1.82, 2.24) is 0 Å². The van der Waals surface area contributed by atoms with Crippen molar-refractivity contribution in [3.63, 3.8) is 0 Å². The molecule has 0 radical (unpaired) electrons. The zero-order chi connectivity index (χ0) is 13.4. The number of rotatable bonds is 3. The summed E-state index contributed by atoms with van der Waals surface area (Å²) in [6.07, 6.45) is 0. The minimum atomic E-state index is -4.81. The Balaban J connectivity index is 3.75. The molecule has 0 spiro atoms. The smallest absolute Gasteiger partial charge is 0.298 e. The van der Waals surface area contributed by atoms with Crippen LogP contribution in [0.1, 0.15) is 0 Å². The van der Waals surface area contributed by atoms with E-state index in [1.54, 1.807) is 0 Å². The molecule has 1 rings (SSSR count). The number of ether oxygens (including phenoxy) is 1. The highest BCUT2D eigenvalue weighted by molar-refractivity contribution is 7.86. The zero-order valence-corrected chi connectivity index (χ0v) is 9.99. The van der Waals surface area contributed by atoms with E-state index in [-0.39, 0.29) is 0 Å². The van der Waals surface area contributed by atoms with Gasteiger partial charge in [-0.1, -0.05) is 0 Å². The van der Waals surface area contributed by atoms with E-state index >= 15 is 0 Å². The van der Waals surface area contributed by atoms with Gasteiger partial charge in [0.1, 0.15) is 4.90 Å². The summed E-state index contributed by atoms with van der Waals surface area (Å²) >= 11 is 0. The molecule has 96 valence electrons. The maximum Gasteiger partial charge on any atom is 0.298 e. The van der Waals surface area contributed by atoms with E-state index in [1.165, 1.54) is 0 Å². The van der Waals surface area contributed by atoms with Crippen molar-refractivity contribution >= 4 is 20.2 Å². The Morgan fingerprint density at radius 2 is 1.59 bits per heavy atom. The SMILES string of the molecule is COc1c(O)cc(S(=O)(=O)O)cc1S(=O)(=O)O. The van der Waals surface area contributed by atoms with Crippen LogP contribution in [0.4, 0.5) is 0 Å². The second-order valence-electron chi connectivity index (χ2n) is 2.92. The number of aromatic hydroxyl groups is 1. The molecule has 1 aromatic rings. The highest BCUT2D eigenvalue weighted by Crippen LogP contribution is 2.35. The van der Waals surface area contributed by atoms with Crippen LogP contribution in [0.15, 0.2) is 21.9 Å². The second-order valence-corrected chi connectivity index (χ2v) is 5.74. The summed E-state index contributed by atoms with van der Waals surface area (Å²) in [5.41, 5.74) is 0. The van der Waals surface area contributed by atoms with Crippen molar-refractivity contribution in [3.8, 4) is 11.5 Å². The molecule has 1 aromatic carbocycles. The average Bonchev–Trinajstić information content (AvgIpc) is 2.13. The van der Waals surface area contributed by atoms with Crippen LogP contribution in [0.3, 0.4) is 0 Å². The number of phenolic OH excluding ortho intramolecular Hbond substituents is 1. The van der Waals surface area contributed by atoms with E-state index in [1.807, 2.05) is 0 Å². The fourth-order valence-corrected chi connectivity index (χ4v) is 2.41. The molecule has 0 saturated carbocycles. The molecule has 8 nitrogen and oxygen atoms in total. The molecule has 0 aliphatic heterocycles. The number of hydrogen-bond acceptors (Lipinski definition) is 6. The monoisotopic (exact) mass is 284 g/mol. The third-order valence-electron chi connectivity index (χ3n) is 1.79. The van der Waals surface area contributed by atoms with Crippen LogP contribution in [0, 0.1) is 0 Å². The van der Waals surface area contributed by atoms with Gasteiger partial charge in [-0.3, -0.25) is 9.11 Å². The third-order valence-corrected chi connectivity index (χ3v) is 3.48. The summed E-state index contributed by atoms with van der Waals surface area (Å²) < 4.78 is 65.5. The van der Waals surface area contributed by atoms with E-state index in [9.17, 15) is 21.9 Å². The molecule has 0 unspecified atom stereocenters. The summed E-state index contributed by atoms with van der Waals surface area (Å²) in [6, 6.07) is 1.05. The lowest BCUT2D eigenvalue weighted by Crippen LogP contribution is -2.05. The van der Waals surface area contributed by atoms with Crippen molar-refractivity contribution in [3.05, 3.63) is 12.1 Å². The molecule has 0 aliphatic carbocycles. The predicted octanol–water partition coefficient (Wildman–Crippen LogP) is -0.106. The number of methoxy groups -OCH3 is 1. The first-order chi connectivity index (χ1) is 7.57. The van der Waals surface area contributed by atoms with Gasteiger partial charge in [0.15, 0.2) is 11.5 Å². The van der Waals surface area contributed by atoms with Gasteiger partial charge in [-0.2, -0.15) is 16.8 Å². The molecule has 0 aliphatic rings. The Labute approximate surface area is 97.0 Å². The fourth-order valence-electron chi connectivity index (χ4n) is 1.11. The highest BCUT2D eigenvalue weighted by atomic mass is 32.2. The van der Waals surface area contributed by atoms with Crippen LogP contribution in [0.25, 0.3) is 0 Å². The largest absolute Gasteiger partial charge is 0.504 e. The normalized spacial score (nSPS) is 12.4. The standard InChI is InChI=1S/C7H8O8S2/c1-15-7-5(8)2-4(16(9,10)11)3-6(7)17(12,13)14/h2-3,8H,1H3,(H,9,10,11)(H,12,13,14). The molecule has 17 heavy (non-hydrogen) atoms. The molecule has 0 atom stereocenters. The van der Waals surface area contributed by atoms with Gasteiger partial charge in [-0.25, -0.2) is 0 Å². The van der Waals surface area contributed by atoms with Crippen molar-refractivity contribution in [2.45, 2.75) is 9.79 Å². The molecule has 0 bridgehead atoms. The third kappa shape index (κ3) is 2.85. The summed E-state index contributed by atoms with van der Waals surface area (Å²) in [6.45, 7) is 0. The second kappa shape index (κ2) is 4.14. The molecular formula is C7H8O8S2. The lowest BCUT2D eigenvalue weighted by atomic mass is 10.3. The van der Waals surface area contributed by atoms with Crippen LogP contribution in [-0.2, 0) is 20.2 Å². The molecule has 10 heteroatoms. The summed E-state index contributed by atoms with van der Waals surface area (Å²) in [7, 11) is -8.52. The molecular weight excluding hydrogens is 276 g/mol. The van der Waals surface area contributed by atoms with Gasteiger partial charge >= 0.3 is 0 Å². The van der Waals surface area contributed by atoms with Crippen LogP contribution in [0.2, 0.25) is 0 Å². The molecule has 0 heterocycles. The van der Waals surface area contributed by atoms with Gasteiger partial charge < -0.3 is 9.84 Å². The van der Waals surface area contributed by atoms with E-state index in [4.69, 9.17) is 9.11 Å². The predicted molar refractivity (Wildman–Crippen MR) is 54.3 cm³/mol. The average molecular weight is 284 g/mol. The first-order valence-corrected chi connectivity index (χ1v) is 6.81. The van der Waals surface area contributed by atoms with Crippen molar-refractivity contribution in [2.75, 3.05) is 7.11 Å². The summed E-state index contributed by atoms with van der Waals surface area (Å²) in [5.74, 6) is -1.48. The molecule has 0 amide bonds. The number of phenols is 1. The Morgan fingerprint density at radius 3 is 1.94 bits per heavy atom. The van der Waals surface area contributed by atoms with Crippen LogP contribution in [0.5, 0.6) is 11.5 Å². The van der Waals surface area contributed by atoms with E-state index in [2.05, 4.69) is 4.74 Å². The van der Waals surface area contributed by atoms with Crippen LogP contribution < -0.4 is 4.74 Å². The van der Waals surface area contributed by atoms with E-state index in [0.717, 1.165) is 7.11 Å². The maximum absolute atomic E-state index is 10.9. The Kier molecular flexibility index (Phi) is 3.34. The number of hydrogen-bond donors (Lipinski definition) is 3. The van der Waals surface area contributed by atoms with Gasteiger partial charge in [-0.05, 0) is 6.07 Å². The van der Waals surface area contributed by atoms with Crippen molar-refractivity contribution in [2.24, 2.45) is 0 Å². The maximum atomic E-state index is 10.9. The van der Waals surface area contributed by atoms with Gasteiger partial charge in [0, 0.05) is 6.07 Å². The fraction of sp³-hybridized carbons (Fsp3) is 0.143. The Bertz CT molecular complexity index is 643. The highest BCUT2D eigenvalue weighted by Gasteiger charge is 2.24. The van der Waals surface area contributed by atoms with Gasteiger partial charge in [0.05, 0.1) is 12.0 Å². The quantitative estimate of drug-likeness (QED) is 0.654. The molecule has 0 aromatic heterocycles. The van der Waals surface area contributed by atoms with E-state index in [0.29, 0.717) is 12.1 Å². The zero-order valence-electron chi connectivity index (χ0n) is 8.35. The van der Waals surface area contributed by atoms with Crippen molar-refractivity contribution < 1.29 is 35.8 Å². The lowest BCUT2D eigenvalue weighted by molar-refractivity contribution is 0.358. The Hall–Kier alpha value is -1.36. The topological polar surface area (TPSA) is 138 Å². The lowest BCUT2D eigenvalue weighted by Gasteiger charge is -2.09. The molecule has 0 saturated heterocycles. The number of benzene rings is 1. The Morgan fingerprint density at radius 1 is 1.06 bits per heavy atom. The molecule has 0 fully saturated rings. The first kappa shape index (κ1) is 13.7.